The number of hydrogen-bond donors (Lipinski definition) is 1. The first-order valence-corrected chi connectivity index (χ1v) is 6.60. The van der Waals surface area contributed by atoms with Crippen LogP contribution in [0.1, 0.15) is 31.3 Å². The lowest BCUT2D eigenvalue weighted by Gasteiger charge is -2.36. The number of aromatic nitrogens is 2. The number of nitrogens with one attached hydrogen (secondary N) is 1. The quantitative estimate of drug-likeness (QED) is 0.887. The fourth-order valence-corrected chi connectivity index (χ4v) is 2.07. The zero-order valence-corrected chi connectivity index (χ0v) is 11.6. The van der Waals surface area contributed by atoms with Gasteiger partial charge in [-0.15, -0.1) is 0 Å². The second-order valence-corrected chi connectivity index (χ2v) is 4.77. The van der Waals surface area contributed by atoms with Crippen LogP contribution in [0.4, 0.5) is 5.82 Å². The maximum Gasteiger partial charge on any atom is 0.274 e. The second kappa shape index (κ2) is 5.97. The van der Waals surface area contributed by atoms with Crippen molar-refractivity contribution in [2.75, 3.05) is 25.0 Å². The van der Waals surface area contributed by atoms with E-state index in [0.29, 0.717) is 24.7 Å². The molecule has 6 nitrogen and oxygen atoms in total. The molecule has 104 valence electrons. The summed E-state index contributed by atoms with van der Waals surface area (Å²) in [7, 11) is 0. The van der Waals surface area contributed by atoms with Crippen molar-refractivity contribution in [3.05, 3.63) is 18.1 Å². The molecule has 2 atom stereocenters. The molecule has 0 saturated carbocycles. The Morgan fingerprint density at radius 1 is 1.53 bits per heavy atom. The number of morpholine rings is 1. The summed E-state index contributed by atoms with van der Waals surface area (Å²) < 4.78 is 5.53. The molecule has 1 aliphatic rings. The van der Waals surface area contributed by atoms with Crippen LogP contribution in [-0.2, 0) is 4.74 Å². The van der Waals surface area contributed by atoms with Crippen molar-refractivity contribution in [2.45, 2.75) is 32.9 Å². The van der Waals surface area contributed by atoms with E-state index < -0.39 is 0 Å². The highest BCUT2D eigenvalue weighted by Gasteiger charge is 2.29. The molecule has 2 rings (SSSR count). The monoisotopic (exact) mass is 264 g/mol. The van der Waals surface area contributed by atoms with Crippen molar-refractivity contribution in [1.29, 1.82) is 0 Å². The van der Waals surface area contributed by atoms with Gasteiger partial charge in [0.15, 0.2) is 0 Å². The Kier molecular flexibility index (Phi) is 4.31. The summed E-state index contributed by atoms with van der Waals surface area (Å²) in [6.07, 6.45) is 3.19. The molecular formula is C13H20N4O2. The molecule has 2 unspecified atom stereocenters. The van der Waals surface area contributed by atoms with Gasteiger partial charge >= 0.3 is 0 Å². The Morgan fingerprint density at radius 2 is 2.32 bits per heavy atom. The van der Waals surface area contributed by atoms with Gasteiger partial charge in [-0.3, -0.25) is 9.78 Å². The standard InChI is InChI=1S/C13H20N4O2/c1-4-15-12-6-14-5-11(16-12)13(18)17-7-10(3)19-8-9(17)2/h5-6,9-10H,4,7-8H2,1-3H3,(H,15,16). The Morgan fingerprint density at radius 3 is 3.05 bits per heavy atom. The van der Waals surface area contributed by atoms with Crippen LogP contribution in [0.5, 0.6) is 0 Å². The Labute approximate surface area is 113 Å². The Hall–Kier alpha value is -1.69. The summed E-state index contributed by atoms with van der Waals surface area (Å²) >= 11 is 0. The number of amides is 1. The lowest BCUT2D eigenvalue weighted by atomic mass is 10.2. The number of carbonyl (C=O) groups is 1. The maximum absolute atomic E-state index is 12.5. The highest BCUT2D eigenvalue weighted by Crippen LogP contribution is 2.15. The van der Waals surface area contributed by atoms with Gasteiger partial charge in [-0.05, 0) is 20.8 Å². The third kappa shape index (κ3) is 3.20. The third-order valence-corrected chi connectivity index (χ3v) is 3.08. The van der Waals surface area contributed by atoms with Crippen LogP contribution in [0.25, 0.3) is 0 Å². The van der Waals surface area contributed by atoms with E-state index in [1.807, 2.05) is 20.8 Å². The molecule has 1 aromatic heterocycles. The largest absolute Gasteiger partial charge is 0.375 e. The summed E-state index contributed by atoms with van der Waals surface area (Å²) in [6, 6.07) is 0.0632. The summed E-state index contributed by atoms with van der Waals surface area (Å²) in [5.74, 6) is 0.539. The van der Waals surface area contributed by atoms with Gasteiger partial charge in [-0.2, -0.15) is 0 Å². The van der Waals surface area contributed by atoms with Gasteiger partial charge < -0.3 is 15.0 Å². The zero-order valence-electron chi connectivity index (χ0n) is 11.6. The molecular weight excluding hydrogens is 244 g/mol. The van der Waals surface area contributed by atoms with Crippen molar-refractivity contribution in [3.8, 4) is 0 Å². The van der Waals surface area contributed by atoms with Gasteiger partial charge in [-0.1, -0.05) is 0 Å². The summed E-state index contributed by atoms with van der Waals surface area (Å²) in [6.45, 7) is 7.82. The molecule has 1 N–H and O–H groups in total. The number of nitrogens with zero attached hydrogens (tertiary/aromatic N) is 3. The highest BCUT2D eigenvalue weighted by atomic mass is 16.5. The van der Waals surface area contributed by atoms with E-state index in [4.69, 9.17) is 4.74 Å². The molecule has 1 saturated heterocycles. The molecule has 0 spiro atoms. The topological polar surface area (TPSA) is 67.4 Å². The van der Waals surface area contributed by atoms with E-state index in [9.17, 15) is 4.79 Å². The first-order valence-electron chi connectivity index (χ1n) is 6.60. The van der Waals surface area contributed by atoms with E-state index >= 15 is 0 Å². The number of ether oxygens (including phenoxy) is 1. The molecule has 19 heavy (non-hydrogen) atoms. The molecule has 1 amide bonds. The molecule has 1 aliphatic heterocycles. The fraction of sp³-hybridized carbons (Fsp3) is 0.615. The van der Waals surface area contributed by atoms with Gasteiger partial charge in [0.2, 0.25) is 0 Å². The maximum atomic E-state index is 12.5. The van der Waals surface area contributed by atoms with Gasteiger partial charge in [0.25, 0.3) is 5.91 Å². The zero-order chi connectivity index (χ0) is 13.8. The number of rotatable bonds is 3. The molecule has 0 bridgehead atoms. The van der Waals surface area contributed by atoms with Crippen LogP contribution >= 0.6 is 0 Å². The number of carbonyl (C=O) groups excluding carboxylic acids is 1. The molecule has 2 heterocycles. The highest BCUT2D eigenvalue weighted by molar-refractivity contribution is 5.92. The van der Waals surface area contributed by atoms with E-state index in [2.05, 4.69) is 15.3 Å². The van der Waals surface area contributed by atoms with E-state index in [1.54, 1.807) is 11.1 Å². The Balaban J connectivity index is 2.16. The normalized spacial score (nSPS) is 23.2. The van der Waals surface area contributed by atoms with E-state index in [0.717, 1.165) is 6.54 Å². The van der Waals surface area contributed by atoms with E-state index in [-0.39, 0.29) is 18.1 Å². The lowest BCUT2D eigenvalue weighted by Crippen LogP contribution is -2.50. The van der Waals surface area contributed by atoms with E-state index in [1.165, 1.54) is 6.20 Å². The summed E-state index contributed by atoms with van der Waals surface area (Å²) in [5, 5.41) is 3.06. The minimum atomic E-state index is -0.0881. The van der Waals surface area contributed by atoms with Crippen LogP contribution in [0.2, 0.25) is 0 Å². The summed E-state index contributed by atoms with van der Waals surface area (Å²) in [4.78, 5) is 22.6. The Bertz CT molecular complexity index is 452. The molecule has 0 radical (unpaired) electrons. The second-order valence-electron chi connectivity index (χ2n) is 4.77. The van der Waals surface area contributed by atoms with Crippen LogP contribution < -0.4 is 5.32 Å². The average Bonchev–Trinajstić information content (AvgIpc) is 2.41. The molecule has 0 aliphatic carbocycles. The summed E-state index contributed by atoms with van der Waals surface area (Å²) in [5.41, 5.74) is 0.374. The molecule has 0 aromatic carbocycles. The predicted molar refractivity (Wildman–Crippen MR) is 72.1 cm³/mol. The van der Waals surface area contributed by atoms with Gasteiger partial charge in [0.1, 0.15) is 11.5 Å². The van der Waals surface area contributed by atoms with Crippen LogP contribution in [0, 0.1) is 0 Å². The molecule has 1 fully saturated rings. The first-order chi connectivity index (χ1) is 9.11. The lowest BCUT2D eigenvalue weighted by molar-refractivity contribution is -0.0389. The van der Waals surface area contributed by atoms with Crippen molar-refractivity contribution in [1.82, 2.24) is 14.9 Å². The SMILES string of the molecule is CCNc1cncc(C(=O)N2CC(C)OCC2C)n1. The number of hydrogen-bond acceptors (Lipinski definition) is 5. The fourth-order valence-electron chi connectivity index (χ4n) is 2.07. The molecule has 6 heteroatoms. The van der Waals surface area contributed by atoms with Crippen LogP contribution in [0.3, 0.4) is 0 Å². The molecule has 1 aromatic rings. The van der Waals surface area contributed by atoms with Crippen LogP contribution in [-0.4, -0.2) is 52.6 Å². The first kappa shape index (κ1) is 13.7. The van der Waals surface area contributed by atoms with Crippen molar-refractivity contribution in [2.24, 2.45) is 0 Å². The average molecular weight is 264 g/mol. The predicted octanol–water partition coefficient (Wildman–Crippen LogP) is 1.16. The van der Waals surface area contributed by atoms with Gasteiger partial charge in [0.05, 0.1) is 31.1 Å². The van der Waals surface area contributed by atoms with Crippen molar-refractivity contribution >= 4 is 11.7 Å². The minimum Gasteiger partial charge on any atom is -0.375 e. The third-order valence-electron chi connectivity index (χ3n) is 3.08. The minimum absolute atomic E-state index is 0.0602. The van der Waals surface area contributed by atoms with Crippen molar-refractivity contribution < 1.29 is 9.53 Å². The smallest absolute Gasteiger partial charge is 0.274 e. The van der Waals surface area contributed by atoms with Crippen LogP contribution in [0.15, 0.2) is 12.4 Å². The van der Waals surface area contributed by atoms with Crippen molar-refractivity contribution in [3.63, 3.8) is 0 Å². The van der Waals surface area contributed by atoms with Gasteiger partial charge in [-0.25, -0.2) is 4.98 Å². The number of anilines is 1. The van der Waals surface area contributed by atoms with Gasteiger partial charge in [0, 0.05) is 13.1 Å².